The molecule has 0 bridgehead atoms. The molecule has 1 aromatic carbocycles. The molecule has 2 saturated carbocycles. The van der Waals surface area contributed by atoms with Gasteiger partial charge in [-0.1, -0.05) is 18.2 Å². The topological polar surface area (TPSA) is 23.8 Å². The molecule has 23 heavy (non-hydrogen) atoms. The van der Waals surface area contributed by atoms with Gasteiger partial charge in [0, 0.05) is 6.08 Å². The van der Waals surface area contributed by atoms with Crippen LogP contribution < -0.4 is 0 Å². The van der Waals surface area contributed by atoms with Crippen molar-refractivity contribution < 1.29 is 4.39 Å². The van der Waals surface area contributed by atoms with Crippen molar-refractivity contribution in [2.75, 3.05) is 0 Å². The first kappa shape index (κ1) is 16.2. The lowest BCUT2D eigenvalue weighted by molar-refractivity contribution is 0.171. The maximum Gasteiger partial charge on any atom is 0.123 e. The van der Waals surface area contributed by atoms with E-state index < -0.39 is 0 Å². The van der Waals surface area contributed by atoms with Gasteiger partial charge in [0.1, 0.15) is 5.82 Å². The number of hydrogen-bond donors (Lipinski definition) is 0. The van der Waals surface area contributed by atoms with Crippen molar-refractivity contribution in [1.82, 2.24) is 0 Å². The van der Waals surface area contributed by atoms with E-state index in [9.17, 15) is 4.39 Å². The average molecular weight is 311 g/mol. The van der Waals surface area contributed by atoms with Crippen LogP contribution in [0.3, 0.4) is 0 Å². The molecular weight excluding hydrogens is 285 g/mol. The summed E-state index contributed by atoms with van der Waals surface area (Å²) in [4.78, 5) is 0. The molecule has 0 saturated heterocycles. The van der Waals surface area contributed by atoms with E-state index in [1.165, 1.54) is 56.9 Å². The monoisotopic (exact) mass is 311 g/mol. The van der Waals surface area contributed by atoms with Crippen LogP contribution in [0.2, 0.25) is 0 Å². The van der Waals surface area contributed by atoms with Gasteiger partial charge in [-0.05, 0) is 92.7 Å². The number of nitriles is 1. The average Bonchev–Trinajstić information content (AvgIpc) is 2.61. The van der Waals surface area contributed by atoms with Crippen LogP contribution >= 0.6 is 0 Å². The van der Waals surface area contributed by atoms with Crippen LogP contribution in [-0.4, -0.2) is 0 Å². The highest BCUT2D eigenvalue weighted by Crippen LogP contribution is 2.44. The Morgan fingerprint density at radius 1 is 0.870 bits per heavy atom. The van der Waals surface area contributed by atoms with E-state index in [-0.39, 0.29) is 5.82 Å². The molecule has 0 unspecified atom stereocenters. The fourth-order valence-electron chi connectivity index (χ4n) is 4.65. The molecular formula is C21H26FN. The summed E-state index contributed by atoms with van der Waals surface area (Å²) in [6.45, 7) is 0. The molecule has 0 amide bonds. The molecule has 3 rings (SSSR count). The fraction of sp³-hybridized carbons (Fsp3) is 0.571. The zero-order valence-corrected chi connectivity index (χ0v) is 13.8. The summed E-state index contributed by atoms with van der Waals surface area (Å²) in [6, 6.07) is 9.23. The molecule has 0 spiro atoms. The van der Waals surface area contributed by atoms with Crippen LogP contribution in [0.4, 0.5) is 4.39 Å². The molecule has 1 aromatic rings. The number of allylic oxidation sites excluding steroid dienone is 2. The lowest BCUT2D eigenvalue weighted by Gasteiger charge is -2.37. The van der Waals surface area contributed by atoms with Gasteiger partial charge in [0.2, 0.25) is 0 Å². The second kappa shape index (κ2) is 7.77. The third-order valence-electron chi connectivity index (χ3n) is 6.04. The van der Waals surface area contributed by atoms with Gasteiger partial charge >= 0.3 is 0 Å². The number of hydrogen-bond acceptors (Lipinski definition) is 1. The van der Waals surface area contributed by atoms with E-state index in [0.29, 0.717) is 11.8 Å². The van der Waals surface area contributed by atoms with Crippen LogP contribution in [0.1, 0.15) is 62.8 Å². The largest absolute Gasteiger partial charge is 0.207 e. The Balaban J connectivity index is 1.47. The Labute approximate surface area is 139 Å². The molecule has 0 aromatic heterocycles. The Morgan fingerprint density at radius 3 is 2.00 bits per heavy atom. The van der Waals surface area contributed by atoms with Gasteiger partial charge in [-0.2, -0.15) is 5.26 Å². The summed E-state index contributed by atoms with van der Waals surface area (Å²) < 4.78 is 13.0. The third-order valence-corrected chi connectivity index (χ3v) is 6.04. The molecule has 2 fully saturated rings. The van der Waals surface area contributed by atoms with Crippen LogP contribution in [0.25, 0.3) is 0 Å². The van der Waals surface area contributed by atoms with E-state index in [0.717, 1.165) is 11.8 Å². The van der Waals surface area contributed by atoms with Crippen molar-refractivity contribution in [1.29, 1.82) is 5.26 Å². The zero-order chi connectivity index (χ0) is 16.1. The van der Waals surface area contributed by atoms with Gasteiger partial charge < -0.3 is 0 Å². The minimum absolute atomic E-state index is 0.135. The molecule has 0 aliphatic heterocycles. The lowest BCUT2D eigenvalue weighted by Crippen LogP contribution is -2.25. The Hall–Kier alpha value is -1.62. The molecule has 2 aliphatic rings. The van der Waals surface area contributed by atoms with Crippen molar-refractivity contribution in [3.8, 4) is 6.07 Å². The molecule has 0 radical (unpaired) electrons. The van der Waals surface area contributed by atoms with Gasteiger partial charge in [-0.3, -0.25) is 0 Å². The van der Waals surface area contributed by atoms with E-state index in [4.69, 9.17) is 5.26 Å². The molecule has 122 valence electrons. The molecule has 0 atom stereocenters. The highest BCUT2D eigenvalue weighted by Gasteiger charge is 2.30. The number of benzene rings is 1. The minimum atomic E-state index is -0.135. The molecule has 2 aliphatic carbocycles. The van der Waals surface area contributed by atoms with Gasteiger partial charge in [0.15, 0.2) is 0 Å². The SMILES string of the molecule is N#CC=CC1CCC(C2CCC(c3ccc(F)cc3)CC2)CC1. The first-order valence-electron chi connectivity index (χ1n) is 9.08. The third kappa shape index (κ3) is 4.22. The standard InChI is InChI=1S/C21H26FN/c22-21-13-11-20(12-14-21)19-9-7-18(8-10-19)17-5-3-16(4-6-17)2-1-15-23/h1-2,11-14,16-19H,3-10H2. The van der Waals surface area contributed by atoms with E-state index in [2.05, 4.69) is 12.1 Å². The van der Waals surface area contributed by atoms with Crippen LogP contribution in [0.5, 0.6) is 0 Å². The summed E-state index contributed by atoms with van der Waals surface area (Å²) in [7, 11) is 0. The predicted octanol–water partition coefficient (Wildman–Crippen LogP) is 5.99. The zero-order valence-electron chi connectivity index (χ0n) is 13.8. The van der Waals surface area contributed by atoms with E-state index >= 15 is 0 Å². The number of rotatable bonds is 3. The lowest BCUT2D eigenvalue weighted by atomic mass is 9.68. The van der Waals surface area contributed by atoms with E-state index in [1.807, 2.05) is 12.1 Å². The Morgan fingerprint density at radius 2 is 1.43 bits per heavy atom. The first-order valence-corrected chi connectivity index (χ1v) is 9.08. The maximum atomic E-state index is 13.0. The van der Waals surface area contributed by atoms with Crippen molar-refractivity contribution in [2.45, 2.75) is 57.3 Å². The Bertz CT molecular complexity index is 552. The van der Waals surface area contributed by atoms with Crippen LogP contribution in [-0.2, 0) is 0 Å². The second-order valence-electron chi connectivity index (χ2n) is 7.33. The molecule has 1 nitrogen and oxygen atoms in total. The van der Waals surface area contributed by atoms with Gasteiger partial charge in [-0.25, -0.2) is 4.39 Å². The highest BCUT2D eigenvalue weighted by atomic mass is 19.1. The summed E-state index contributed by atoms with van der Waals surface area (Å²) in [6.07, 6.45) is 14.1. The van der Waals surface area contributed by atoms with E-state index in [1.54, 1.807) is 18.2 Å². The quantitative estimate of drug-likeness (QED) is 0.629. The summed E-state index contributed by atoms with van der Waals surface area (Å²) in [5, 5.41) is 8.63. The van der Waals surface area contributed by atoms with Crippen LogP contribution in [0.15, 0.2) is 36.4 Å². The highest BCUT2D eigenvalue weighted by molar-refractivity contribution is 5.21. The first-order chi connectivity index (χ1) is 11.3. The molecule has 0 heterocycles. The van der Waals surface area contributed by atoms with Crippen molar-refractivity contribution >= 4 is 0 Å². The van der Waals surface area contributed by atoms with Gasteiger partial charge in [0.25, 0.3) is 0 Å². The van der Waals surface area contributed by atoms with Gasteiger partial charge in [-0.15, -0.1) is 0 Å². The molecule has 2 heteroatoms. The predicted molar refractivity (Wildman–Crippen MR) is 91.3 cm³/mol. The summed E-state index contributed by atoms with van der Waals surface area (Å²) >= 11 is 0. The fourth-order valence-corrected chi connectivity index (χ4v) is 4.65. The van der Waals surface area contributed by atoms with Gasteiger partial charge in [0.05, 0.1) is 6.07 Å². The minimum Gasteiger partial charge on any atom is -0.207 e. The van der Waals surface area contributed by atoms with Crippen molar-refractivity contribution in [2.24, 2.45) is 17.8 Å². The maximum absolute atomic E-state index is 13.0. The summed E-state index contributed by atoms with van der Waals surface area (Å²) in [5.41, 5.74) is 1.31. The molecule has 0 N–H and O–H groups in total. The number of halogens is 1. The van der Waals surface area contributed by atoms with Crippen molar-refractivity contribution in [3.05, 3.63) is 47.8 Å². The normalized spacial score (nSPS) is 31.8. The van der Waals surface area contributed by atoms with Crippen molar-refractivity contribution in [3.63, 3.8) is 0 Å². The second-order valence-corrected chi connectivity index (χ2v) is 7.33. The Kier molecular flexibility index (Phi) is 5.49. The smallest absolute Gasteiger partial charge is 0.123 e. The van der Waals surface area contributed by atoms with Crippen LogP contribution in [0, 0.1) is 34.9 Å². The summed E-state index contributed by atoms with van der Waals surface area (Å²) in [5.74, 6) is 2.89. The number of nitrogens with zero attached hydrogens (tertiary/aromatic N) is 1.